The Morgan fingerprint density at radius 1 is 0.659 bits per heavy atom. The summed E-state index contributed by atoms with van der Waals surface area (Å²) < 4.78 is 11.9. The molecule has 0 radical (unpaired) electrons. The van der Waals surface area contributed by atoms with Crippen LogP contribution in [0.5, 0.6) is 0 Å². The Bertz CT molecular complexity index is 843. The van der Waals surface area contributed by atoms with Crippen LogP contribution in [0.3, 0.4) is 0 Å². The van der Waals surface area contributed by atoms with Crippen molar-refractivity contribution in [2.75, 3.05) is 27.2 Å². The fraction of sp³-hybridized carbons (Fsp3) is 0.909. The highest BCUT2D eigenvalue weighted by atomic mass is 16.6. The maximum atomic E-state index is 13.4. The molecule has 2 aliphatic heterocycles. The van der Waals surface area contributed by atoms with E-state index >= 15 is 0 Å². The minimum atomic E-state index is -0.452. The molecule has 41 heavy (non-hydrogen) atoms. The van der Waals surface area contributed by atoms with Gasteiger partial charge in [-0.05, 0) is 81.8 Å². The van der Waals surface area contributed by atoms with Gasteiger partial charge in [-0.1, -0.05) is 32.1 Å². The molecule has 3 rings (SSSR count). The predicted molar refractivity (Wildman–Crippen MR) is 162 cm³/mol. The highest BCUT2D eigenvalue weighted by Crippen LogP contribution is 2.39. The van der Waals surface area contributed by atoms with Crippen LogP contribution in [0.1, 0.15) is 126 Å². The zero-order valence-electron chi connectivity index (χ0n) is 27.8. The first-order chi connectivity index (χ1) is 18.8. The number of nitrogens with zero attached hydrogens (tertiary/aromatic N) is 3. The van der Waals surface area contributed by atoms with Gasteiger partial charge in [-0.2, -0.15) is 0 Å². The molecule has 1 aliphatic carbocycles. The zero-order chi connectivity index (χ0) is 30.8. The van der Waals surface area contributed by atoms with E-state index in [-0.39, 0.29) is 53.4 Å². The molecule has 1 saturated carbocycles. The summed E-state index contributed by atoms with van der Waals surface area (Å²) in [5.74, 6) is -0.531. The summed E-state index contributed by atoms with van der Waals surface area (Å²) in [5.41, 5.74) is -0.494. The summed E-state index contributed by atoms with van der Waals surface area (Å²) >= 11 is 0. The van der Waals surface area contributed by atoms with Crippen LogP contribution < -0.4 is 0 Å². The van der Waals surface area contributed by atoms with Gasteiger partial charge in [0.2, 0.25) is 5.91 Å². The molecule has 0 aromatic carbocycles. The summed E-state index contributed by atoms with van der Waals surface area (Å²) in [5, 5.41) is 0. The second-order valence-corrected chi connectivity index (χ2v) is 15.7. The molecule has 3 fully saturated rings. The topological polar surface area (TPSA) is 79.4 Å². The van der Waals surface area contributed by atoms with Crippen molar-refractivity contribution in [2.45, 2.75) is 160 Å². The van der Waals surface area contributed by atoms with E-state index in [1.54, 1.807) is 0 Å². The Kier molecular flexibility index (Phi) is 10.6. The summed E-state index contributed by atoms with van der Waals surface area (Å²) in [7, 11) is 4.23. The van der Waals surface area contributed by atoms with Crippen molar-refractivity contribution in [1.29, 1.82) is 0 Å². The van der Waals surface area contributed by atoms with E-state index in [1.807, 2.05) is 0 Å². The van der Waals surface area contributed by atoms with Crippen molar-refractivity contribution >= 4 is 17.8 Å². The van der Waals surface area contributed by atoms with Gasteiger partial charge in [0, 0.05) is 54.3 Å². The van der Waals surface area contributed by atoms with Crippen molar-refractivity contribution < 1.29 is 23.9 Å². The Morgan fingerprint density at radius 3 is 1.39 bits per heavy atom. The quantitative estimate of drug-likeness (QED) is 0.332. The smallest absolute Gasteiger partial charge is 0.325 e. The van der Waals surface area contributed by atoms with Gasteiger partial charge in [0.05, 0.1) is 0 Å². The van der Waals surface area contributed by atoms with Crippen molar-refractivity contribution in [3.8, 4) is 0 Å². The lowest BCUT2D eigenvalue weighted by Gasteiger charge is -2.53. The molecular weight excluding hydrogens is 518 g/mol. The lowest BCUT2D eigenvalue weighted by Crippen LogP contribution is -2.60. The Morgan fingerprint density at radius 2 is 1.02 bits per heavy atom. The van der Waals surface area contributed by atoms with E-state index in [4.69, 9.17) is 9.47 Å². The van der Waals surface area contributed by atoms with Gasteiger partial charge in [0.25, 0.3) is 0 Å². The summed E-state index contributed by atoms with van der Waals surface area (Å²) in [6, 6.07) is 0. The average Bonchev–Trinajstić information content (AvgIpc) is 2.83. The minimum Gasteiger partial charge on any atom is -0.461 e. The van der Waals surface area contributed by atoms with Crippen LogP contribution >= 0.6 is 0 Å². The van der Waals surface area contributed by atoms with E-state index in [1.165, 1.54) is 24.2 Å². The molecule has 0 aromatic heterocycles. The molecule has 2 saturated heterocycles. The van der Waals surface area contributed by atoms with E-state index in [0.717, 1.165) is 44.9 Å². The number of carbonyl (C=O) groups is 3. The van der Waals surface area contributed by atoms with Crippen LogP contribution in [0.15, 0.2) is 0 Å². The highest BCUT2D eigenvalue weighted by Gasteiger charge is 2.46. The number of likely N-dealkylation sites (tertiary alicyclic amines) is 2. The Labute approximate surface area is 249 Å². The van der Waals surface area contributed by atoms with Crippen LogP contribution in [-0.2, 0) is 23.9 Å². The van der Waals surface area contributed by atoms with Gasteiger partial charge in [0.1, 0.15) is 25.3 Å². The Hall–Kier alpha value is -1.67. The third kappa shape index (κ3) is 8.92. The summed E-state index contributed by atoms with van der Waals surface area (Å²) in [6.07, 6.45) is 9.55. The molecule has 3 aliphatic rings. The summed E-state index contributed by atoms with van der Waals surface area (Å²) in [4.78, 5) is 45.9. The van der Waals surface area contributed by atoms with Crippen LogP contribution in [0, 0.1) is 5.92 Å². The number of hydrogen-bond donors (Lipinski definition) is 0. The first-order valence-electron chi connectivity index (χ1n) is 16.0. The van der Waals surface area contributed by atoms with E-state index in [2.05, 4.69) is 79.3 Å². The van der Waals surface area contributed by atoms with Gasteiger partial charge >= 0.3 is 11.9 Å². The Balaban J connectivity index is 1.66. The zero-order valence-corrected chi connectivity index (χ0v) is 27.8. The van der Waals surface area contributed by atoms with Crippen molar-refractivity contribution in [3.05, 3.63) is 0 Å². The van der Waals surface area contributed by atoms with Crippen LogP contribution in [-0.4, -0.2) is 94.1 Å². The molecule has 0 N–H and O–H groups in total. The molecule has 0 aromatic rings. The largest absolute Gasteiger partial charge is 0.461 e. The molecule has 8 nitrogen and oxygen atoms in total. The fourth-order valence-corrected chi connectivity index (χ4v) is 7.68. The lowest BCUT2D eigenvalue weighted by molar-refractivity contribution is -0.166. The van der Waals surface area contributed by atoms with E-state index < -0.39 is 11.9 Å². The fourth-order valence-electron chi connectivity index (χ4n) is 7.68. The monoisotopic (exact) mass is 577 g/mol. The van der Waals surface area contributed by atoms with Crippen LogP contribution in [0.2, 0.25) is 0 Å². The van der Waals surface area contributed by atoms with Crippen LogP contribution in [0.25, 0.3) is 0 Å². The first-order valence-corrected chi connectivity index (χ1v) is 16.0. The molecule has 2 heterocycles. The van der Waals surface area contributed by atoms with Gasteiger partial charge in [-0.15, -0.1) is 0 Å². The number of piperidine rings is 2. The second kappa shape index (κ2) is 12.9. The van der Waals surface area contributed by atoms with E-state index in [9.17, 15) is 14.4 Å². The second-order valence-electron chi connectivity index (χ2n) is 15.7. The molecule has 0 bridgehead atoms. The first kappa shape index (κ1) is 33.8. The molecule has 1 amide bonds. The molecule has 8 heteroatoms. The molecule has 0 unspecified atom stereocenters. The predicted octanol–water partition coefficient (Wildman–Crippen LogP) is 5.56. The SMILES string of the molecule is CN1C(C)(C)CC(OC(=O)CN(CC(=O)OC2CC(C)(C)N(C)C(C)(C)C2)C(=O)CCC2CCCCC2)CC1(C)C. The number of amides is 1. The molecule has 236 valence electrons. The standard InChI is InChI=1S/C33H59N3O5/c1-30(2)18-25(19-31(3,4)34(30)9)40-28(38)22-36(27(37)17-16-24-14-12-11-13-15-24)23-29(39)41-26-20-32(5,6)35(10)33(7,8)21-26/h24-26H,11-23H2,1-10H3. The third-order valence-electron chi connectivity index (χ3n) is 10.6. The summed E-state index contributed by atoms with van der Waals surface area (Å²) in [6.45, 7) is 16.9. The number of carbonyl (C=O) groups excluding carboxylic acids is 3. The maximum absolute atomic E-state index is 13.4. The van der Waals surface area contributed by atoms with Gasteiger partial charge < -0.3 is 14.4 Å². The third-order valence-corrected chi connectivity index (χ3v) is 10.6. The minimum absolute atomic E-state index is 0.123. The van der Waals surface area contributed by atoms with Gasteiger partial charge in [-0.25, -0.2) is 0 Å². The number of esters is 2. The molecule has 0 spiro atoms. The normalized spacial score (nSPS) is 25.4. The highest BCUT2D eigenvalue weighted by molar-refractivity contribution is 5.86. The van der Waals surface area contributed by atoms with Crippen molar-refractivity contribution in [1.82, 2.24) is 14.7 Å². The number of ether oxygens (including phenoxy) is 2. The number of rotatable bonds is 9. The molecule has 0 atom stereocenters. The van der Waals surface area contributed by atoms with Crippen LogP contribution in [0.4, 0.5) is 0 Å². The average molecular weight is 578 g/mol. The van der Waals surface area contributed by atoms with Gasteiger partial charge in [-0.3, -0.25) is 24.2 Å². The molecular formula is C33H59N3O5. The van der Waals surface area contributed by atoms with Crippen molar-refractivity contribution in [3.63, 3.8) is 0 Å². The maximum Gasteiger partial charge on any atom is 0.325 e. The van der Waals surface area contributed by atoms with E-state index in [0.29, 0.717) is 12.3 Å². The van der Waals surface area contributed by atoms with Crippen molar-refractivity contribution in [2.24, 2.45) is 5.92 Å². The number of hydrogen-bond acceptors (Lipinski definition) is 7. The van der Waals surface area contributed by atoms with Gasteiger partial charge in [0.15, 0.2) is 0 Å². The lowest BCUT2D eigenvalue weighted by atomic mass is 9.79.